The molecule has 1 aliphatic heterocycles. The molecule has 1 aromatic carbocycles. The van der Waals surface area contributed by atoms with E-state index in [1.54, 1.807) is 0 Å². The van der Waals surface area contributed by atoms with Crippen LogP contribution in [0.1, 0.15) is 26.3 Å². The fourth-order valence-corrected chi connectivity index (χ4v) is 2.71. The Kier molecular flexibility index (Phi) is 3.83. The summed E-state index contributed by atoms with van der Waals surface area (Å²) in [5.41, 5.74) is 0.721. The number of nitrogens with one attached hydrogen (secondary N) is 1. The highest BCUT2D eigenvalue weighted by Gasteiger charge is 2.43. The molecule has 0 aromatic heterocycles. The third-order valence-corrected chi connectivity index (χ3v) is 4.88. The zero-order valence-corrected chi connectivity index (χ0v) is 12.4. The van der Waals surface area contributed by atoms with Crippen LogP contribution in [0, 0.1) is 0 Å². The predicted molar refractivity (Wildman–Crippen MR) is 75.0 cm³/mol. The van der Waals surface area contributed by atoms with E-state index in [2.05, 4.69) is 4.72 Å². The zero-order chi connectivity index (χ0) is 13.4. The summed E-state index contributed by atoms with van der Waals surface area (Å²) in [7, 11) is -1.12. The minimum absolute atomic E-state index is 0.297. The first-order valence-electron chi connectivity index (χ1n) is 5.87. The molecule has 1 heterocycles. The van der Waals surface area contributed by atoms with Crippen LogP contribution < -0.4 is 4.72 Å². The summed E-state index contributed by atoms with van der Waals surface area (Å²) in [6.45, 7) is 6.93. The zero-order valence-electron chi connectivity index (χ0n) is 10.8. The monoisotopic (exact) mass is 287 g/mol. The number of benzene rings is 1. The Hall–Kier alpha value is -0.420. The third-order valence-electron chi connectivity index (χ3n) is 2.94. The van der Waals surface area contributed by atoms with Gasteiger partial charge >= 0.3 is 0 Å². The first-order chi connectivity index (χ1) is 8.33. The summed E-state index contributed by atoms with van der Waals surface area (Å²) in [4.78, 5) is 0. The number of hydrogen-bond acceptors (Lipinski definition) is 2. The second kappa shape index (κ2) is 4.93. The smallest absolute Gasteiger partial charge is 0.102 e. The second-order valence-electron chi connectivity index (χ2n) is 5.56. The van der Waals surface area contributed by atoms with Gasteiger partial charge in [0.15, 0.2) is 0 Å². The van der Waals surface area contributed by atoms with E-state index >= 15 is 0 Å². The van der Waals surface area contributed by atoms with Crippen molar-refractivity contribution in [3.05, 3.63) is 34.9 Å². The van der Waals surface area contributed by atoms with Crippen molar-refractivity contribution in [2.75, 3.05) is 13.2 Å². The van der Waals surface area contributed by atoms with Crippen molar-refractivity contribution in [1.82, 2.24) is 4.72 Å². The van der Waals surface area contributed by atoms with Crippen LogP contribution in [0.15, 0.2) is 24.3 Å². The van der Waals surface area contributed by atoms with E-state index in [1.165, 1.54) is 0 Å². The fraction of sp³-hybridized carbons (Fsp3) is 0.538. The maximum absolute atomic E-state index is 12.2. The van der Waals surface area contributed by atoms with Gasteiger partial charge in [0.05, 0.1) is 28.9 Å². The average Bonchev–Trinajstić information content (AvgIpc) is 2.23. The standard InChI is InChI=1S/C13H18ClNO2S/c1-12(2,3)18(16)15-13(8-17-9-13)10-4-6-11(14)7-5-10/h4-7,15H,8-9H2,1-3H3. The number of hydrogen-bond donors (Lipinski definition) is 1. The normalized spacial score (nSPS) is 20.2. The SMILES string of the molecule is CC(C)(C)S(=O)NC1(c2ccc(Cl)cc2)COC1. The molecule has 0 spiro atoms. The maximum Gasteiger partial charge on any atom is 0.102 e. The molecule has 100 valence electrons. The molecule has 2 rings (SSSR count). The lowest BCUT2D eigenvalue weighted by molar-refractivity contribution is -0.0659. The van der Waals surface area contributed by atoms with Gasteiger partial charge in [-0.2, -0.15) is 0 Å². The Balaban J connectivity index is 2.21. The number of rotatable bonds is 3. The fourth-order valence-electron chi connectivity index (χ4n) is 1.69. The molecule has 3 nitrogen and oxygen atoms in total. The molecule has 18 heavy (non-hydrogen) atoms. The van der Waals surface area contributed by atoms with Crippen molar-refractivity contribution in [2.45, 2.75) is 31.1 Å². The predicted octanol–water partition coefficient (Wildman–Crippen LogP) is 2.62. The van der Waals surface area contributed by atoms with E-state index in [-0.39, 0.29) is 10.3 Å². The summed E-state index contributed by atoms with van der Waals surface area (Å²) in [5.74, 6) is 0. The topological polar surface area (TPSA) is 38.3 Å². The van der Waals surface area contributed by atoms with Gasteiger partial charge in [0.1, 0.15) is 5.54 Å². The molecule has 5 heteroatoms. The summed E-state index contributed by atoms with van der Waals surface area (Å²) in [5, 5.41) is 0.700. The Morgan fingerprint density at radius 2 is 1.83 bits per heavy atom. The quantitative estimate of drug-likeness (QED) is 0.928. The highest BCUT2D eigenvalue weighted by molar-refractivity contribution is 7.84. The van der Waals surface area contributed by atoms with Crippen LogP contribution in [0.25, 0.3) is 0 Å². The van der Waals surface area contributed by atoms with Crippen molar-refractivity contribution >= 4 is 22.6 Å². The molecule has 0 saturated carbocycles. The maximum atomic E-state index is 12.2. The molecule has 1 saturated heterocycles. The van der Waals surface area contributed by atoms with Gasteiger partial charge in [-0.05, 0) is 38.5 Å². The Bertz CT molecular complexity index is 449. The van der Waals surface area contributed by atoms with Crippen molar-refractivity contribution in [3.63, 3.8) is 0 Å². The van der Waals surface area contributed by atoms with Crippen molar-refractivity contribution < 1.29 is 8.95 Å². The van der Waals surface area contributed by atoms with Crippen molar-refractivity contribution in [2.24, 2.45) is 0 Å². The largest absolute Gasteiger partial charge is 0.377 e. The van der Waals surface area contributed by atoms with Crippen molar-refractivity contribution in [1.29, 1.82) is 0 Å². The summed E-state index contributed by atoms with van der Waals surface area (Å²) in [6, 6.07) is 7.60. The van der Waals surface area contributed by atoms with Crippen LogP contribution in [-0.4, -0.2) is 22.2 Å². The van der Waals surface area contributed by atoms with Crippen LogP contribution >= 0.6 is 11.6 Å². The summed E-state index contributed by atoms with van der Waals surface area (Å²) < 4.78 is 20.5. The lowest BCUT2D eigenvalue weighted by Gasteiger charge is -2.43. The van der Waals surface area contributed by atoms with E-state index in [0.29, 0.717) is 18.2 Å². The van der Waals surface area contributed by atoms with Crippen LogP contribution in [0.2, 0.25) is 5.02 Å². The van der Waals surface area contributed by atoms with Gasteiger partial charge in [0.2, 0.25) is 0 Å². The highest BCUT2D eigenvalue weighted by atomic mass is 35.5. The van der Waals surface area contributed by atoms with Crippen LogP contribution in [0.4, 0.5) is 0 Å². The second-order valence-corrected chi connectivity index (χ2v) is 7.97. The van der Waals surface area contributed by atoms with Gasteiger partial charge < -0.3 is 4.74 Å². The molecule has 1 unspecified atom stereocenters. The Morgan fingerprint density at radius 1 is 1.28 bits per heavy atom. The van der Waals surface area contributed by atoms with Gasteiger partial charge in [-0.3, -0.25) is 0 Å². The molecule has 1 N–H and O–H groups in total. The summed E-state index contributed by atoms with van der Waals surface area (Å²) in [6.07, 6.45) is 0. The summed E-state index contributed by atoms with van der Waals surface area (Å²) >= 11 is 5.89. The van der Waals surface area contributed by atoms with Gasteiger partial charge in [-0.1, -0.05) is 23.7 Å². The van der Waals surface area contributed by atoms with E-state index in [4.69, 9.17) is 16.3 Å². The molecule has 1 aromatic rings. The minimum Gasteiger partial charge on any atom is -0.377 e. The van der Waals surface area contributed by atoms with E-state index in [0.717, 1.165) is 5.56 Å². The first kappa shape index (κ1) is 14.0. The minimum atomic E-state index is -1.12. The lowest BCUT2D eigenvalue weighted by Crippen LogP contribution is -2.59. The molecule has 1 atom stereocenters. The van der Waals surface area contributed by atoms with Crippen LogP contribution in [0.5, 0.6) is 0 Å². The van der Waals surface area contributed by atoms with Crippen molar-refractivity contribution in [3.8, 4) is 0 Å². The molecule has 0 amide bonds. The first-order valence-corrected chi connectivity index (χ1v) is 7.40. The van der Waals surface area contributed by atoms with Crippen LogP contribution in [0.3, 0.4) is 0 Å². The van der Waals surface area contributed by atoms with Gasteiger partial charge in [0, 0.05) is 5.02 Å². The van der Waals surface area contributed by atoms with Crippen LogP contribution in [-0.2, 0) is 21.3 Å². The molecule has 0 radical (unpaired) electrons. The number of ether oxygens (including phenoxy) is 1. The highest BCUT2D eigenvalue weighted by Crippen LogP contribution is 2.32. The molecule has 1 aliphatic rings. The molecule has 1 fully saturated rings. The van der Waals surface area contributed by atoms with E-state index in [1.807, 2.05) is 45.0 Å². The Morgan fingerprint density at radius 3 is 2.22 bits per heavy atom. The number of halogens is 1. The lowest BCUT2D eigenvalue weighted by atomic mass is 9.89. The van der Waals surface area contributed by atoms with E-state index < -0.39 is 11.0 Å². The van der Waals surface area contributed by atoms with Gasteiger partial charge in [-0.25, -0.2) is 8.93 Å². The van der Waals surface area contributed by atoms with E-state index in [9.17, 15) is 4.21 Å². The average molecular weight is 288 g/mol. The molecule has 0 bridgehead atoms. The molecule has 0 aliphatic carbocycles. The molecular weight excluding hydrogens is 270 g/mol. The van der Waals surface area contributed by atoms with Gasteiger partial charge in [0.25, 0.3) is 0 Å². The van der Waals surface area contributed by atoms with Gasteiger partial charge in [-0.15, -0.1) is 0 Å². The molecular formula is C13H18ClNO2S. The third kappa shape index (κ3) is 2.77. The Labute approximate surface area is 115 Å².